The Morgan fingerprint density at radius 3 is 1.27 bits per heavy atom. The van der Waals surface area contributed by atoms with E-state index in [0.29, 0.717) is 0 Å². The molecule has 0 N–H and O–H groups in total. The summed E-state index contributed by atoms with van der Waals surface area (Å²) in [7, 11) is 6.47. The van der Waals surface area contributed by atoms with Gasteiger partial charge in [0.2, 0.25) is 0 Å². The molecule has 150 valence electrons. The fraction of sp³-hybridized carbons (Fsp3) is 0.783. The molecule has 1 rings (SSSR count). The van der Waals surface area contributed by atoms with Crippen LogP contribution in [0.1, 0.15) is 94.3 Å². The third-order valence-electron chi connectivity index (χ3n) is 6.34. The van der Waals surface area contributed by atoms with Crippen LogP contribution >= 0.6 is 18.5 Å². The van der Waals surface area contributed by atoms with Crippen molar-refractivity contribution in [3.63, 3.8) is 0 Å². The van der Waals surface area contributed by atoms with Crippen LogP contribution < -0.4 is 0 Å². The van der Waals surface area contributed by atoms with Crippen LogP contribution in [0.25, 0.3) is 0 Å². The van der Waals surface area contributed by atoms with E-state index in [1.807, 2.05) is 6.20 Å². The molecule has 3 heteroatoms. The standard InChI is InChI=1S/C23H43NP2/c1-18(2,3)22(25,19(4,5)6)16-14-13-15-24-17(16)23(26,20(7,8)9)21(10,11)12/h13-15H,25-26H2,1-12H3. The first-order chi connectivity index (χ1) is 11.2. The van der Waals surface area contributed by atoms with Crippen LogP contribution in [-0.4, -0.2) is 4.98 Å². The molecule has 0 amide bonds. The van der Waals surface area contributed by atoms with Crippen molar-refractivity contribution in [2.45, 2.75) is 93.4 Å². The lowest BCUT2D eigenvalue weighted by molar-refractivity contribution is 0.114. The van der Waals surface area contributed by atoms with Crippen molar-refractivity contribution in [3.8, 4) is 0 Å². The molecule has 26 heavy (non-hydrogen) atoms. The van der Waals surface area contributed by atoms with Gasteiger partial charge in [0.15, 0.2) is 0 Å². The van der Waals surface area contributed by atoms with Gasteiger partial charge in [-0.3, -0.25) is 4.98 Å². The molecule has 2 unspecified atom stereocenters. The molecule has 1 aromatic rings. The molecule has 0 aliphatic carbocycles. The van der Waals surface area contributed by atoms with Crippen molar-refractivity contribution in [1.29, 1.82) is 0 Å². The van der Waals surface area contributed by atoms with Gasteiger partial charge in [0, 0.05) is 16.5 Å². The molecule has 0 saturated heterocycles. The zero-order valence-electron chi connectivity index (χ0n) is 19.3. The number of hydrogen-bond acceptors (Lipinski definition) is 1. The zero-order chi connectivity index (χ0) is 21.0. The van der Waals surface area contributed by atoms with Crippen molar-refractivity contribution < 1.29 is 0 Å². The summed E-state index contributed by atoms with van der Waals surface area (Å²) in [5, 5.41) is -0.267. The third kappa shape index (κ3) is 3.65. The Balaban J connectivity index is 4.03. The van der Waals surface area contributed by atoms with E-state index in [2.05, 4.69) is 114 Å². The Labute approximate surface area is 168 Å². The van der Waals surface area contributed by atoms with Gasteiger partial charge in [0.25, 0.3) is 0 Å². The molecule has 0 saturated carbocycles. The van der Waals surface area contributed by atoms with Crippen LogP contribution in [0.5, 0.6) is 0 Å². The number of nitrogens with zero attached hydrogens (tertiary/aromatic N) is 1. The van der Waals surface area contributed by atoms with E-state index in [-0.39, 0.29) is 32.0 Å². The van der Waals surface area contributed by atoms with Gasteiger partial charge in [0.05, 0.1) is 5.69 Å². The first kappa shape index (κ1) is 24.0. The van der Waals surface area contributed by atoms with Crippen LogP contribution in [0, 0.1) is 21.7 Å². The van der Waals surface area contributed by atoms with E-state index in [1.54, 1.807) is 0 Å². The van der Waals surface area contributed by atoms with E-state index in [9.17, 15) is 0 Å². The average molecular weight is 396 g/mol. The summed E-state index contributed by atoms with van der Waals surface area (Å²) >= 11 is 0. The SMILES string of the molecule is CC(C)(C)C(P)(c1cccnc1C(P)(C(C)(C)C)C(C)(C)C)C(C)(C)C. The molecule has 0 spiro atoms. The van der Waals surface area contributed by atoms with Crippen LogP contribution in [0.3, 0.4) is 0 Å². The van der Waals surface area contributed by atoms with Crippen molar-refractivity contribution in [2.75, 3.05) is 0 Å². The minimum Gasteiger partial charge on any atom is -0.260 e. The highest BCUT2D eigenvalue weighted by molar-refractivity contribution is 7.19. The minimum atomic E-state index is -0.158. The van der Waals surface area contributed by atoms with Gasteiger partial charge >= 0.3 is 0 Å². The summed E-state index contributed by atoms with van der Waals surface area (Å²) in [6.45, 7) is 28.1. The highest BCUT2D eigenvalue weighted by Gasteiger charge is 2.55. The Kier molecular flexibility index (Phi) is 6.30. The number of aromatic nitrogens is 1. The quantitative estimate of drug-likeness (QED) is 0.475. The highest BCUT2D eigenvalue weighted by atomic mass is 31.0. The van der Waals surface area contributed by atoms with Crippen LogP contribution in [0.4, 0.5) is 0 Å². The van der Waals surface area contributed by atoms with Gasteiger partial charge in [-0.15, -0.1) is 18.5 Å². The zero-order valence-corrected chi connectivity index (χ0v) is 21.6. The largest absolute Gasteiger partial charge is 0.260 e. The predicted molar refractivity (Wildman–Crippen MR) is 125 cm³/mol. The van der Waals surface area contributed by atoms with Gasteiger partial charge in [0.1, 0.15) is 0 Å². The van der Waals surface area contributed by atoms with Crippen molar-refractivity contribution >= 4 is 18.5 Å². The van der Waals surface area contributed by atoms with Crippen molar-refractivity contribution in [3.05, 3.63) is 29.6 Å². The molecule has 0 aliphatic rings. The third-order valence-corrected chi connectivity index (χ3v) is 10.4. The minimum absolute atomic E-state index is 0.0420. The Morgan fingerprint density at radius 2 is 0.962 bits per heavy atom. The van der Waals surface area contributed by atoms with E-state index in [0.717, 1.165) is 0 Å². The molecule has 1 nitrogen and oxygen atoms in total. The smallest absolute Gasteiger partial charge is 0.0554 e. The second-order valence-corrected chi connectivity index (χ2v) is 13.7. The maximum absolute atomic E-state index is 5.04. The predicted octanol–water partition coefficient (Wildman–Crippen LogP) is 7.41. The lowest BCUT2D eigenvalue weighted by Gasteiger charge is -2.56. The lowest BCUT2D eigenvalue weighted by Crippen LogP contribution is -2.51. The second kappa shape index (κ2) is 6.81. The van der Waals surface area contributed by atoms with E-state index in [4.69, 9.17) is 4.98 Å². The molecule has 0 radical (unpaired) electrons. The molecule has 0 aromatic carbocycles. The fourth-order valence-corrected chi connectivity index (χ4v) is 5.27. The van der Waals surface area contributed by atoms with Gasteiger partial charge < -0.3 is 0 Å². The Hall–Kier alpha value is 0.01000. The molecule has 0 aliphatic heterocycles. The normalized spacial score (nSPS) is 15.3. The first-order valence-corrected chi connectivity index (χ1v) is 10.9. The number of pyridine rings is 1. The summed E-state index contributed by atoms with van der Waals surface area (Å²) in [6.07, 6.45) is 1.96. The van der Waals surface area contributed by atoms with E-state index >= 15 is 0 Å². The highest BCUT2D eigenvalue weighted by Crippen LogP contribution is 2.64. The van der Waals surface area contributed by atoms with Gasteiger partial charge in [-0.25, -0.2) is 0 Å². The average Bonchev–Trinajstić information content (AvgIpc) is 2.40. The maximum Gasteiger partial charge on any atom is 0.0554 e. The summed E-state index contributed by atoms with van der Waals surface area (Å²) in [5.41, 5.74) is 2.78. The monoisotopic (exact) mass is 395 g/mol. The summed E-state index contributed by atoms with van der Waals surface area (Å²) in [4.78, 5) is 5.04. The Bertz CT molecular complexity index is 549. The maximum atomic E-state index is 5.04. The van der Waals surface area contributed by atoms with Crippen LogP contribution in [0.15, 0.2) is 18.3 Å². The fourth-order valence-electron chi connectivity index (χ4n) is 4.81. The molecular formula is C23H43NP2. The van der Waals surface area contributed by atoms with Gasteiger partial charge in [-0.1, -0.05) is 89.2 Å². The number of rotatable bonds is 2. The molecule has 2 atom stereocenters. The molecule has 0 fully saturated rings. The van der Waals surface area contributed by atoms with Gasteiger partial charge in [-0.05, 0) is 33.3 Å². The lowest BCUT2D eigenvalue weighted by atomic mass is 9.58. The molecule has 1 aromatic heterocycles. The second-order valence-electron chi connectivity index (χ2n) is 12.0. The summed E-state index contributed by atoms with van der Waals surface area (Å²) in [6, 6.07) is 4.41. The van der Waals surface area contributed by atoms with Crippen LogP contribution in [0.2, 0.25) is 0 Å². The van der Waals surface area contributed by atoms with E-state index in [1.165, 1.54) is 11.3 Å². The first-order valence-electron chi connectivity index (χ1n) is 9.76. The molecular weight excluding hydrogens is 352 g/mol. The molecule has 1 heterocycles. The van der Waals surface area contributed by atoms with Gasteiger partial charge in [-0.2, -0.15) is 0 Å². The Morgan fingerprint density at radius 1 is 0.615 bits per heavy atom. The summed E-state index contributed by atoms with van der Waals surface area (Å²) in [5.74, 6) is 0. The van der Waals surface area contributed by atoms with Crippen molar-refractivity contribution in [2.24, 2.45) is 21.7 Å². The van der Waals surface area contributed by atoms with Crippen LogP contribution in [-0.2, 0) is 10.3 Å². The molecule has 0 bridgehead atoms. The van der Waals surface area contributed by atoms with Crippen molar-refractivity contribution in [1.82, 2.24) is 4.98 Å². The summed E-state index contributed by atoms with van der Waals surface area (Å²) < 4.78 is 0. The number of hydrogen-bond donors (Lipinski definition) is 0. The topological polar surface area (TPSA) is 12.9 Å². The van der Waals surface area contributed by atoms with E-state index < -0.39 is 0 Å².